The second kappa shape index (κ2) is 7.98. The third-order valence-corrected chi connectivity index (χ3v) is 4.00. The summed E-state index contributed by atoms with van der Waals surface area (Å²) in [5, 5.41) is 8.99. The molecule has 0 saturated carbocycles. The second-order valence-electron chi connectivity index (χ2n) is 5.07. The van der Waals surface area contributed by atoms with Gasteiger partial charge in [-0.3, -0.25) is 10.1 Å². The van der Waals surface area contributed by atoms with Crippen LogP contribution in [0.5, 0.6) is 5.75 Å². The number of hydrogen-bond donors (Lipinski definition) is 1. The van der Waals surface area contributed by atoms with Crippen LogP contribution >= 0.6 is 11.3 Å². The van der Waals surface area contributed by atoms with Crippen molar-refractivity contribution in [1.29, 1.82) is 0 Å². The van der Waals surface area contributed by atoms with Gasteiger partial charge in [0.1, 0.15) is 11.9 Å². The number of hydrogen-bond acceptors (Lipinski definition) is 5. The molecule has 132 valence electrons. The smallest absolute Gasteiger partial charge is 0.319 e. The van der Waals surface area contributed by atoms with Crippen molar-refractivity contribution < 1.29 is 18.3 Å². The van der Waals surface area contributed by atoms with E-state index < -0.39 is 16.8 Å². The number of nitrogens with zero attached hydrogens (tertiary/aromatic N) is 2. The van der Waals surface area contributed by atoms with Gasteiger partial charge >= 0.3 is 5.92 Å². The summed E-state index contributed by atoms with van der Waals surface area (Å²) >= 11 is 0.626. The molecule has 8 heteroatoms. The highest BCUT2D eigenvalue weighted by molar-refractivity contribution is 7.15. The molecule has 0 radical (unpaired) electrons. The molecule has 1 aromatic carbocycles. The molecule has 0 bridgehead atoms. The van der Waals surface area contributed by atoms with Gasteiger partial charge in [0.25, 0.3) is 5.91 Å². The third kappa shape index (κ3) is 4.93. The predicted molar refractivity (Wildman–Crippen MR) is 93.3 cm³/mol. The van der Waals surface area contributed by atoms with Gasteiger partial charge in [-0.2, -0.15) is 8.78 Å². The first-order valence-electron chi connectivity index (χ1n) is 7.42. The summed E-state index contributed by atoms with van der Waals surface area (Å²) in [4.78, 5) is 12.2. The zero-order chi connectivity index (χ0) is 18.4. The van der Waals surface area contributed by atoms with E-state index in [4.69, 9.17) is 4.74 Å². The number of aromatic nitrogens is 2. The lowest BCUT2D eigenvalue weighted by Gasteiger charge is -2.10. The molecule has 5 nitrogen and oxygen atoms in total. The molecule has 0 spiro atoms. The lowest BCUT2D eigenvalue weighted by atomic mass is 10.2. The molecule has 2 aromatic rings. The number of ether oxygens (including phenoxy) is 1. The van der Waals surface area contributed by atoms with Crippen molar-refractivity contribution in [2.75, 3.05) is 5.32 Å². The zero-order valence-corrected chi connectivity index (χ0v) is 14.5. The number of rotatable bonds is 7. The third-order valence-electron chi connectivity index (χ3n) is 3.08. The molecule has 1 aromatic heterocycles. The number of halogens is 2. The number of carbonyl (C=O) groups is 1. The number of alkyl halides is 2. The van der Waals surface area contributed by atoms with Gasteiger partial charge in [-0.15, -0.1) is 10.2 Å². The number of amides is 1. The fourth-order valence-corrected chi connectivity index (χ4v) is 2.50. The van der Waals surface area contributed by atoms with Crippen molar-refractivity contribution >= 4 is 22.4 Å². The minimum absolute atomic E-state index is 0.00443. The first-order valence-corrected chi connectivity index (χ1v) is 8.23. The van der Waals surface area contributed by atoms with Crippen LogP contribution in [0.4, 0.5) is 13.9 Å². The van der Waals surface area contributed by atoms with Crippen LogP contribution in [0.15, 0.2) is 49.1 Å². The van der Waals surface area contributed by atoms with Gasteiger partial charge in [0, 0.05) is 5.56 Å². The van der Waals surface area contributed by atoms with Crippen LogP contribution in [0.25, 0.3) is 0 Å². The van der Waals surface area contributed by atoms with Crippen LogP contribution in [-0.2, 0) is 5.92 Å². The van der Waals surface area contributed by atoms with Crippen LogP contribution in [0.1, 0.15) is 29.2 Å². The maximum absolute atomic E-state index is 13.7. The van der Waals surface area contributed by atoms with Gasteiger partial charge in [-0.25, -0.2) is 0 Å². The van der Waals surface area contributed by atoms with Crippen LogP contribution < -0.4 is 10.1 Å². The van der Waals surface area contributed by atoms with Crippen LogP contribution in [0.2, 0.25) is 0 Å². The van der Waals surface area contributed by atoms with Crippen molar-refractivity contribution in [2.24, 2.45) is 0 Å². The quantitative estimate of drug-likeness (QED) is 0.738. The topological polar surface area (TPSA) is 64.1 Å². The Morgan fingerprint density at radius 1 is 1.36 bits per heavy atom. The van der Waals surface area contributed by atoms with Crippen molar-refractivity contribution in [3.8, 4) is 5.75 Å². The minimum atomic E-state index is -3.21. The first-order chi connectivity index (χ1) is 11.9. The molecule has 2 rings (SSSR count). The number of nitrogens with one attached hydrogen (secondary N) is 1. The Bertz CT molecular complexity index is 772. The van der Waals surface area contributed by atoms with Gasteiger partial charge in [0.15, 0.2) is 5.01 Å². The van der Waals surface area contributed by atoms with Crippen molar-refractivity contribution in [2.45, 2.75) is 25.9 Å². The Morgan fingerprint density at radius 2 is 2.04 bits per heavy atom. The van der Waals surface area contributed by atoms with Gasteiger partial charge in [-0.05, 0) is 44.2 Å². The van der Waals surface area contributed by atoms with E-state index >= 15 is 0 Å². The Hall–Kier alpha value is -2.61. The lowest BCUT2D eigenvalue weighted by molar-refractivity contribution is 0.0509. The fourth-order valence-electron chi connectivity index (χ4n) is 1.81. The van der Waals surface area contributed by atoms with Gasteiger partial charge < -0.3 is 4.74 Å². The number of benzene rings is 1. The van der Waals surface area contributed by atoms with E-state index in [9.17, 15) is 13.6 Å². The van der Waals surface area contributed by atoms with Gasteiger partial charge in [-0.1, -0.05) is 30.1 Å². The largest absolute Gasteiger partial charge is 0.487 e. The predicted octanol–water partition coefficient (Wildman–Crippen LogP) is 4.41. The summed E-state index contributed by atoms with van der Waals surface area (Å²) in [6.07, 6.45) is 3.45. The SMILES string of the molecule is C=C[C@@H](C)Oc1ccc(C(=O)Nc2nnc(C(F)(F)/C=C/C)s2)cc1. The van der Waals surface area contributed by atoms with Crippen molar-refractivity contribution in [3.05, 3.63) is 59.6 Å². The first kappa shape index (κ1) is 18.7. The number of carbonyl (C=O) groups excluding carboxylic acids is 1. The normalized spacial score (nSPS) is 12.8. The van der Waals surface area contributed by atoms with Crippen molar-refractivity contribution in [3.63, 3.8) is 0 Å². The maximum Gasteiger partial charge on any atom is 0.319 e. The standard InChI is InChI=1S/C17H17F2N3O2S/c1-4-10-17(18,19)15-21-22-16(25-15)20-14(23)12-6-8-13(9-7-12)24-11(3)5-2/h4-11H,2H2,1,3H3,(H,20,22,23)/b10-4+/t11-/m1/s1. The Balaban J connectivity index is 2.05. The highest BCUT2D eigenvalue weighted by Crippen LogP contribution is 2.33. The van der Waals surface area contributed by atoms with Gasteiger partial charge in [0.2, 0.25) is 5.13 Å². The highest BCUT2D eigenvalue weighted by atomic mass is 32.1. The molecule has 0 unspecified atom stereocenters. The van der Waals surface area contributed by atoms with E-state index in [0.29, 0.717) is 22.6 Å². The van der Waals surface area contributed by atoms with Crippen molar-refractivity contribution in [1.82, 2.24) is 10.2 Å². The number of anilines is 1. The monoisotopic (exact) mass is 365 g/mol. The molecule has 0 saturated heterocycles. The summed E-state index contributed by atoms with van der Waals surface area (Å²) in [5.41, 5.74) is 0.343. The molecule has 0 fully saturated rings. The van der Waals surface area contributed by atoms with E-state index in [1.165, 1.54) is 13.0 Å². The van der Waals surface area contributed by atoms with Crippen LogP contribution in [-0.4, -0.2) is 22.2 Å². The molecule has 1 heterocycles. The summed E-state index contributed by atoms with van der Waals surface area (Å²) in [6.45, 7) is 6.95. The van der Waals surface area contributed by atoms with E-state index in [0.717, 1.165) is 6.08 Å². The average Bonchev–Trinajstić information content (AvgIpc) is 3.04. The van der Waals surface area contributed by atoms with Crippen LogP contribution in [0, 0.1) is 0 Å². The molecule has 1 atom stereocenters. The molecule has 0 aliphatic heterocycles. The van der Waals surface area contributed by atoms with E-state index in [1.807, 2.05) is 6.92 Å². The molecule has 0 aliphatic rings. The van der Waals surface area contributed by atoms with E-state index in [-0.39, 0.29) is 11.2 Å². The molecular weight excluding hydrogens is 348 g/mol. The van der Waals surface area contributed by atoms with E-state index in [1.54, 1.807) is 30.3 Å². The van der Waals surface area contributed by atoms with Gasteiger partial charge in [0.05, 0.1) is 0 Å². The summed E-state index contributed by atoms with van der Waals surface area (Å²) in [6, 6.07) is 6.41. The Morgan fingerprint density at radius 3 is 2.64 bits per heavy atom. The maximum atomic E-state index is 13.7. The average molecular weight is 365 g/mol. The molecule has 1 amide bonds. The summed E-state index contributed by atoms with van der Waals surface area (Å²) in [7, 11) is 0. The fraction of sp³-hybridized carbons (Fsp3) is 0.235. The second-order valence-corrected chi connectivity index (χ2v) is 6.05. The summed E-state index contributed by atoms with van der Waals surface area (Å²) in [5.74, 6) is -3.09. The number of allylic oxidation sites excluding steroid dienone is 2. The van der Waals surface area contributed by atoms with Crippen LogP contribution in [0.3, 0.4) is 0 Å². The zero-order valence-electron chi connectivity index (χ0n) is 13.7. The molecular formula is C17H17F2N3O2S. The Kier molecular flexibility index (Phi) is 5.97. The minimum Gasteiger partial charge on any atom is -0.487 e. The lowest BCUT2D eigenvalue weighted by Crippen LogP contribution is -2.12. The highest BCUT2D eigenvalue weighted by Gasteiger charge is 2.32. The summed E-state index contributed by atoms with van der Waals surface area (Å²) < 4.78 is 32.9. The molecule has 1 N–H and O–H groups in total. The van der Waals surface area contributed by atoms with E-state index in [2.05, 4.69) is 22.1 Å². The Labute approximate surface area is 148 Å². The molecule has 0 aliphatic carbocycles. The molecule has 25 heavy (non-hydrogen) atoms.